The Morgan fingerprint density at radius 1 is 1.17 bits per heavy atom. The van der Waals surface area contributed by atoms with Crippen molar-refractivity contribution in [1.82, 2.24) is 0 Å². The highest BCUT2D eigenvalue weighted by Gasteiger charge is 2.29. The van der Waals surface area contributed by atoms with Gasteiger partial charge in [0.25, 0.3) is 5.91 Å². The molecule has 8 heteroatoms. The lowest BCUT2D eigenvalue weighted by atomic mass is 9.88. The molecule has 0 aliphatic heterocycles. The summed E-state index contributed by atoms with van der Waals surface area (Å²) in [5.74, 6) is -0.767. The van der Waals surface area contributed by atoms with E-state index in [0.29, 0.717) is 22.2 Å². The van der Waals surface area contributed by atoms with E-state index in [0.717, 1.165) is 29.7 Å². The SMILES string of the molecule is COC(=O)c1c(NC(=O)COC(=O)c2ccccc2OC)sc2c1CCC(C)C2. The van der Waals surface area contributed by atoms with Crippen LogP contribution in [0.4, 0.5) is 5.00 Å². The van der Waals surface area contributed by atoms with Crippen LogP contribution in [0, 0.1) is 5.92 Å². The third kappa shape index (κ3) is 4.59. The number of hydrogen-bond acceptors (Lipinski definition) is 7. The number of carbonyl (C=O) groups is 3. The fraction of sp³-hybridized carbons (Fsp3) is 0.381. The molecule has 1 N–H and O–H groups in total. The van der Waals surface area contributed by atoms with Gasteiger partial charge in [-0.3, -0.25) is 4.79 Å². The van der Waals surface area contributed by atoms with Crippen molar-refractivity contribution >= 4 is 34.2 Å². The number of methoxy groups -OCH3 is 2. The Kier molecular flexibility index (Phi) is 6.53. The summed E-state index contributed by atoms with van der Waals surface area (Å²) in [7, 11) is 2.77. The van der Waals surface area contributed by atoms with Crippen molar-refractivity contribution in [1.29, 1.82) is 0 Å². The molecule has 0 saturated carbocycles. The molecule has 0 fully saturated rings. The van der Waals surface area contributed by atoms with E-state index in [-0.39, 0.29) is 5.56 Å². The second kappa shape index (κ2) is 9.09. The topological polar surface area (TPSA) is 90.9 Å². The molecule has 7 nitrogen and oxygen atoms in total. The first-order valence-corrected chi connectivity index (χ1v) is 10.1. The molecule has 1 aromatic heterocycles. The molecule has 1 amide bonds. The first-order valence-electron chi connectivity index (χ1n) is 9.27. The molecule has 1 atom stereocenters. The number of carbonyl (C=O) groups excluding carboxylic acids is 3. The van der Waals surface area contributed by atoms with Gasteiger partial charge in [0.1, 0.15) is 16.3 Å². The number of para-hydroxylation sites is 1. The summed E-state index contributed by atoms with van der Waals surface area (Å²) in [6.07, 6.45) is 2.62. The zero-order chi connectivity index (χ0) is 21.0. The molecule has 1 aliphatic carbocycles. The highest BCUT2D eigenvalue weighted by molar-refractivity contribution is 7.17. The minimum absolute atomic E-state index is 0.235. The van der Waals surface area contributed by atoms with Crippen LogP contribution in [-0.2, 0) is 27.1 Å². The fourth-order valence-electron chi connectivity index (χ4n) is 3.34. The maximum atomic E-state index is 12.4. The Morgan fingerprint density at radius 2 is 1.93 bits per heavy atom. The van der Waals surface area contributed by atoms with E-state index in [1.165, 1.54) is 25.6 Å². The summed E-state index contributed by atoms with van der Waals surface area (Å²) in [5, 5.41) is 3.14. The van der Waals surface area contributed by atoms with Gasteiger partial charge >= 0.3 is 11.9 Å². The Hall–Kier alpha value is -2.87. The van der Waals surface area contributed by atoms with Crippen molar-refractivity contribution in [3.63, 3.8) is 0 Å². The van der Waals surface area contributed by atoms with Crippen LogP contribution in [0.3, 0.4) is 0 Å². The molecule has 154 valence electrons. The van der Waals surface area contributed by atoms with Crippen LogP contribution >= 0.6 is 11.3 Å². The number of esters is 2. The lowest BCUT2D eigenvalue weighted by Crippen LogP contribution is -2.22. The Labute approximate surface area is 173 Å². The van der Waals surface area contributed by atoms with Gasteiger partial charge < -0.3 is 19.5 Å². The van der Waals surface area contributed by atoms with Gasteiger partial charge in [-0.1, -0.05) is 19.1 Å². The molecular weight excluding hydrogens is 394 g/mol. The number of anilines is 1. The second-order valence-corrected chi connectivity index (χ2v) is 7.98. The number of thiophene rings is 1. The van der Waals surface area contributed by atoms with Gasteiger partial charge in [-0.05, 0) is 42.9 Å². The average Bonchev–Trinajstić information content (AvgIpc) is 3.07. The van der Waals surface area contributed by atoms with Gasteiger partial charge in [-0.15, -0.1) is 11.3 Å². The van der Waals surface area contributed by atoms with Crippen molar-refractivity contribution in [3.05, 3.63) is 45.8 Å². The van der Waals surface area contributed by atoms with Crippen LogP contribution in [0.2, 0.25) is 0 Å². The molecule has 1 unspecified atom stereocenters. The Bertz CT molecular complexity index is 935. The molecule has 0 radical (unpaired) electrons. The summed E-state index contributed by atoms with van der Waals surface area (Å²) in [6.45, 7) is 1.69. The number of fused-ring (bicyclic) bond motifs is 1. The van der Waals surface area contributed by atoms with Gasteiger partial charge in [0, 0.05) is 4.88 Å². The van der Waals surface area contributed by atoms with Crippen molar-refractivity contribution < 1.29 is 28.6 Å². The maximum Gasteiger partial charge on any atom is 0.342 e. The third-order valence-electron chi connectivity index (χ3n) is 4.82. The van der Waals surface area contributed by atoms with Crippen LogP contribution < -0.4 is 10.1 Å². The van der Waals surface area contributed by atoms with Gasteiger partial charge in [0.2, 0.25) is 0 Å². The maximum absolute atomic E-state index is 12.4. The van der Waals surface area contributed by atoms with Crippen LogP contribution in [0.25, 0.3) is 0 Å². The van der Waals surface area contributed by atoms with Gasteiger partial charge in [0.15, 0.2) is 6.61 Å². The monoisotopic (exact) mass is 417 g/mol. The second-order valence-electron chi connectivity index (χ2n) is 6.87. The zero-order valence-corrected chi connectivity index (χ0v) is 17.4. The van der Waals surface area contributed by atoms with Crippen LogP contribution in [0.1, 0.15) is 44.5 Å². The molecule has 1 aliphatic rings. The highest BCUT2D eigenvalue weighted by Crippen LogP contribution is 2.40. The number of hydrogen-bond donors (Lipinski definition) is 1. The summed E-state index contributed by atoms with van der Waals surface area (Å²) in [6, 6.07) is 6.61. The Morgan fingerprint density at radius 3 is 2.66 bits per heavy atom. The molecule has 2 aromatic rings. The van der Waals surface area contributed by atoms with Gasteiger partial charge in [-0.2, -0.15) is 0 Å². The van der Waals surface area contributed by atoms with E-state index in [4.69, 9.17) is 14.2 Å². The first kappa shape index (κ1) is 20.9. The molecule has 1 aromatic carbocycles. The number of nitrogens with one attached hydrogen (secondary N) is 1. The summed E-state index contributed by atoms with van der Waals surface area (Å²) in [4.78, 5) is 38.0. The van der Waals surface area contributed by atoms with Crippen LogP contribution in [0.15, 0.2) is 24.3 Å². The molecular formula is C21H23NO6S. The quantitative estimate of drug-likeness (QED) is 0.724. The van der Waals surface area contributed by atoms with E-state index in [1.807, 2.05) is 0 Å². The van der Waals surface area contributed by atoms with E-state index in [9.17, 15) is 14.4 Å². The minimum atomic E-state index is -0.662. The standard InChI is InChI=1S/C21H23NO6S/c1-12-8-9-14-16(10-12)29-19(18(14)21(25)27-3)22-17(23)11-28-20(24)13-6-4-5-7-15(13)26-2/h4-7,12H,8-11H2,1-3H3,(H,22,23). The van der Waals surface area contributed by atoms with E-state index in [1.54, 1.807) is 24.3 Å². The molecule has 1 heterocycles. The number of ether oxygens (including phenoxy) is 3. The molecule has 3 rings (SSSR count). The molecule has 0 spiro atoms. The third-order valence-corrected chi connectivity index (χ3v) is 5.99. The first-order chi connectivity index (χ1) is 13.9. The molecule has 0 bridgehead atoms. The zero-order valence-electron chi connectivity index (χ0n) is 16.6. The number of benzene rings is 1. The molecule has 0 saturated heterocycles. The normalized spacial score (nSPS) is 15.2. The van der Waals surface area contributed by atoms with E-state index >= 15 is 0 Å². The predicted octanol–water partition coefficient (Wildman–Crippen LogP) is 3.46. The Balaban J connectivity index is 1.71. The van der Waals surface area contributed by atoms with Crippen molar-refractivity contribution in [2.45, 2.75) is 26.2 Å². The highest BCUT2D eigenvalue weighted by atomic mass is 32.1. The van der Waals surface area contributed by atoms with Crippen molar-refractivity contribution in [2.24, 2.45) is 5.92 Å². The lowest BCUT2D eigenvalue weighted by Gasteiger charge is -2.18. The number of rotatable bonds is 6. The number of amides is 1. The van der Waals surface area contributed by atoms with E-state index < -0.39 is 24.5 Å². The molecule has 29 heavy (non-hydrogen) atoms. The van der Waals surface area contributed by atoms with E-state index in [2.05, 4.69) is 12.2 Å². The summed E-state index contributed by atoms with van der Waals surface area (Å²) >= 11 is 1.38. The van der Waals surface area contributed by atoms with Crippen LogP contribution in [-0.4, -0.2) is 38.7 Å². The van der Waals surface area contributed by atoms with Gasteiger partial charge in [0.05, 0.1) is 19.8 Å². The summed E-state index contributed by atoms with van der Waals surface area (Å²) < 4.78 is 15.1. The summed E-state index contributed by atoms with van der Waals surface area (Å²) in [5.41, 5.74) is 1.59. The lowest BCUT2D eigenvalue weighted by molar-refractivity contribution is -0.119. The van der Waals surface area contributed by atoms with Crippen molar-refractivity contribution in [3.8, 4) is 5.75 Å². The fourth-order valence-corrected chi connectivity index (χ4v) is 4.76. The smallest absolute Gasteiger partial charge is 0.342 e. The minimum Gasteiger partial charge on any atom is -0.496 e. The van der Waals surface area contributed by atoms with Crippen LogP contribution in [0.5, 0.6) is 5.75 Å². The largest absolute Gasteiger partial charge is 0.496 e. The average molecular weight is 417 g/mol. The van der Waals surface area contributed by atoms with Crippen molar-refractivity contribution in [2.75, 3.05) is 26.1 Å². The van der Waals surface area contributed by atoms with Gasteiger partial charge in [-0.25, -0.2) is 9.59 Å². The predicted molar refractivity (Wildman–Crippen MR) is 109 cm³/mol.